The number of terminal acetylenes is 1. The summed E-state index contributed by atoms with van der Waals surface area (Å²) < 4.78 is 0. The molecule has 2 N–H and O–H groups in total. The molecule has 6 heteroatoms. The first kappa shape index (κ1) is 17.4. The highest BCUT2D eigenvalue weighted by Crippen LogP contribution is 2.18. The first-order valence-corrected chi connectivity index (χ1v) is 8.69. The van der Waals surface area contributed by atoms with Gasteiger partial charge in [-0.25, -0.2) is 4.98 Å². The highest BCUT2D eigenvalue weighted by molar-refractivity contribution is 7.14. The Morgan fingerprint density at radius 2 is 1.88 bits per heavy atom. The van der Waals surface area contributed by atoms with Gasteiger partial charge in [0.05, 0.1) is 12.1 Å². The van der Waals surface area contributed by atoms with Gasteiger partial charge in [0.2, 0.25) is 5.91 Å². The second kappa shape index (κ2) is 8.10. The molecule has 0 aliphatic rings. The molecule has 0 aliphatic carbocycles. The number of hydrogen-bond donors (Lipinski definition) is 2. The van der Waals surface area contributed by atoms with E-state index in [0.29, 0.717) is 27.6 Å². The Balaban J connectivity index is 1.58. The van der Waals surface area contributed by atoms with Crippen molar-refractivity contribution in [3.63, 3.8) is 0 Å². The van der Waals surface area contributed by atoms with Crippen LogP contribution in [0, 0.1) is 12.3 Å². The fourth-order valence-electron chi connectivity index (χ4n) is 2.26. The molecular weight excluding hydrogens is 346 g/mol. The lowest BCUT2D eigenvalue weighted by atomic mass is 10.2. The van der Waals surface area contributed by atoms with Crippen molar-refractivity contribution in [1.29, 1.82) is 0 Å². The number of amides is 2. The van der Waals surface area contributed by atoms with Crippen LogP contribution in [0.1, 0.15) is 21.6 Å². The molecule has 1 aromatic heterocycles. The number of rotatable bonds is 5. The molecule has 3 rings (SSSR count). The topological polar surface area (TPSA) is 71.1 Å². The number of aromatic nitrogens is 1. The van der Waals surface area contributed by atoms with Gasteiger partial charge in [0.25, 0.3) is 5.91 Å². The Morgan fingerprint density at radius 3 is 2.65 bits per heavy atom. The van der Waals surface area contributed by atoms with Crippen LogP contribution in [0.15, 0.2) is 60.0 Å². The summed E-state index contributed by atoms with van der Waals surface area (Å²) in [5, 5.41) is 7.72. The van der Waals surface area contributed by atoms with E-state index in [1.165, 1.54) is 11.3 Å². The highest BCUT2D eigenvalue weighted by atomic mass is 32.1. The lowest BCUT2D eigenvalue weighted by Gasteiger charge is -2.04. The third-order valence-corrected chi connectivity index (χ3v) is 4.27. The van der Waals surface area contributed by atoms with Crippen molar-refractivity contribution in [3.8, 4) is 12.3 Å². The van der Waals surface area contributed by atoms with Crippen LogP contribution in [0.3, 0.4) is 0 Å². The zero-order valence-corrected chi connectivity index (χ0v) is 14.5. The molecule has 5 nitrogen and oxygen atoms in total. The second-order valence-corrected chi connectivity index (χ2v) is 6.27. The van der Waals surface area contributed by atoms with E-state index in [-0.39, 0.29) is 18.2 Å². The van der Waals surface area contributed by atoms with E-state index >= 15 is 0 Å². The smallest absolute Gasteiger partial charge is 0.257 e. The standard InChI is InChI=1S/C20H15N3O2S/c1-2-14-7-6-10-16(11-14)21-18(24)12-17-13-26-20(22-17)23-19(25)15-8-4-3-5-9-15/h1,3-11,13H,12H2,(H,21,24)(H,22,23,25). The number of thiazole rings is 1. The van der Waals surface area contributed by atoms with Crippen LogP contribution >= 0.6 is 11.3 Å². The second-order valence-electron chi connectivity index (χ2n) is 5.41. The molecule has 0 atom stereocenters. The molecule has 0 saturated carbocycles. The van der Waals surface area contributed by atoms with E-state index in [1.807, 2.05) is 6.07 Å². The fourth-order valence-corrected chi connectivity index (χ4v) is 2.97. The van der Waals surface area contributed by atoms with Crippen LogP contribution in [-0.4, -0.2) is 16.8 Å². The molecule has 3 aromatic rings. The average Bonchev–Trinajstić information content (AvgIpc) is 3.09. The quantitative estimate of drug-likeness (QED) is 0.683. The molecule has 128 valence electrons. The fraction of sp³-hybridized carbons (Fsp3) is 0.0500. The summed E-state index contributed by atoms with van der Waals surface area (Å²) in [6.07, 6.45) is 5.46. The summed E-state index contributed by atoms with van der Waals surface area (Å²) in [4.78, 5) is 28.5. The number of hydrogen-bond acceptors (Lipinski definition) is 4. The van der Waals surface area contributed by atoms with Crippen LogP contribution in [0.25, 0.3) is 0 Å². The van der Waals surface area contributed by atoms with Crippen molar-refractivity contribution in [1.82, 2.24) is 4.98 Å². The minimum atomic E-state index is -0.234. The van der Waals surface area contributed by atoms with Gasteiger partial charge in [0, 0.05) is 22.2 Å². The zero-order valence-electron chi connectivity index (χ0n) is 13.7. The van der Waals surface area contributed by atoms with Gasteiger partial charge in [-0.05, 0) is 30.3 Å². The predicted octanol–water partition coefficient (Wildman–Crippen LogP) is 3.56. The van der Waals surface area contributed by atoms with Gasteiger partial charge in [-0.1, -0.05) is 30.2 Å². The molecule has 2 aromatic carbocycles. The predicted molar refractivity (Wildman–Crippen MR) is 103 cm³/mol. The Labute approximate surface area is 155 Å². The van der Waals surface area contributed by atoms with E-state index in [4.69, 9.17) is 6.42 Å². The summed E-state index contributed by atoms with van der Waals surface area (Å²) in [7, 11) is 0. The molecule has 0 radical (unpaired) electrons. The monoisotopic (exact) mass is 361 g/mol. The van der Waals surface area contributed by atoms with E-state index < -0.39 is 0 Å². The van der Waals surface area contributed by atoms with Gasteiger partial charge in [-0.15, -0.1) is 17.8 Å². The summed E-state index contributed by atoms with van der Waals surface area (Å²) in [5.41, 5.74) is 2.47. The third-order valence-electron chi connectivity index (χ3n) is 3.46. The van der Waals surface area contributed by atoms with Crippen molar-refractivity contribution in [3.05, 3.63) is 76.8 Å². The van der Waals surface area contributed by atoms with Gasteiger partial charge in [0.15, 0.2) is 5.13 Å². The minimum absolute atomic E-state index is 0.109. The molecule has 0 aliphatic heterocycles. The molecule has 1 heterocycles. The van der Waals surface area contributed by atoms with Crippen molar-refractivity contribution < 1.29 is 9.59 Å². The van der Waals surface area contributed by atoms with Gasteiger partial charge >= 0.3 is 0 Å². The lowest BCUT2D eigenvalue weighted by molar-refractivity contribution is -0.115. The summed E-state index contributed by atoms with van der Waals surface area (Å²) in [5.74, 6) is 2.09. The van der Waals surface area contributed by atoms with E-state index in [1.54, 1.807) is 53.9 Å². The number of nitrogens with zero attached hydrogens (tertiary/aromatic N) is 1. The molecule has 0 fully saturated rings. The van der Waals surface area contributed by atoms with E-state index in [2.05, 4.69) is 21.5 Å². The molecule has 0 bridgehead atoms. The van der Waals surface area contributed by atoms with Crippen LogP contribution in [0.5, 0.6) is 0 Å². The normalized spacial score (nSPS) is 9.96. The van der Waals surface area contributed by atoms with Crippen LogP contribution in [0.2, 0.25) is 0 Å². The first-order valence-electron chi connectivity index (χ1n) is 7.81. The van der Waals surface area contributed by atoms with Crippen LogP contribution in [0.4, 0.5) is 10.8 Å². The van der Waals surface area contributed by atoms with Gasteiger partial charge in [0.1, 0.15) is 0 Å². The van der Waals surface area contributed by atoms with Gasteiger partial charge < -0.3 is 5.32 Å². The molecule has 0 saturated heterocycles. The van der Waals surface area contributed by atoms with Crippen molar-refractivity contribution in [2.45, 2.75) is 6.42 Å². The SMILES string of the molecule is C#Cc1cccc(NC(=O)Cc2csc(NC(=O)c3ccccc3)n2)c1. The van der Waals surface area contributed by atoms with Gasteiger partial charge in [-0.3, -0.25) is 14.9 Å². The maximum absolute atomic E-state index is 12.1. The molecule has 0 unspecified atom stereocenters. The largest absolute Gasteiger partial charge is 0.326 e. The third kappa shape index (κ3) is 4.56. The highest BCUT2D eigenvalue weighted by Gasteiger charge is 2.11. The van der Waals surface area contributed by atoms with Crippen LogP contribution < -0.4 is 10.6 Å². The zero-order chi connectivity index (χ0) is 18.4. The number of carbonyl (C=O) groups excluding carboxylic acids is 2. The van der Waals surface area contributed by atoms with Gasteiger partial charge in [-0.2, -0.15) is 0 Å². The molecular formula is C20H15N3O2S. The number of carbonyl (C=O) groups is 2. The number of benzene rings is 2. The maximum atomic E-state index is 12.1. The molecule has 0 spiro atoms. The van der Waals surface area contributed by atoms with E-state index in [0.717, 1.165) is 0 Å². The van der Waals surface area contributed by atoms with Crippen molar-refractivity contribution in [2.24, 2.45) is 0 Å². The van der Waals surface area contributed by atoms with E-state index in [9.17, 15) is 9.59 Å². The Kier molecular flexibility index (Phi) is 5.42. The Bertz CT molecular complexity index is 974. The van der Waals surface area contributed by atoms with Crippen molar-refractivity contribution >= 4 is 34.0 Å². The molecule has 2 amide bonds. The Morgan fingerprint density at radius 1 is 1.08 bits per heavy atom. The van der Waals surface area contributed by atoms with Crippen LogP contribution in [-0.2, 0) is 11.2 Å². The van der Waals surface area contributed by atoms with Crippen molar-refractivity contribution in [2.75, 3.05) is 10.6 Å². The number of nitrogens with one attached hydrogen (secondary N) is 2. The maximum Gasteiger partial charge on any atom is 0.257 e. The number of anilines is 2. The summed E-state index contributed by atoms with van der Waals surface area (Å²) in [6, 6.07) is 15.9. The summed E-state index contributed by atoms with van der Waals surface area (Å²) >= 11 is 1.28. The lowest BCUT2D eigenvalue weighted by Crippen LogP contribution is -2.15. The molecule has 26 heavy (non-hydrogen) atoms. The minimum Gasteiger partial charge on any atom is -0.326 e. The first-order chi connectivity index (χ1) is 12.6. The Hall–Kier alpha value is -3.43. The average molecular weight is 361 g/mol. The summed E-state index contributed by atoms with van der Waals surface area (Å²) in [6.45, 7) is 0.